The molecule has 0 amide bonds. The van der Waals surface area contributed by atoms with Crippen LogP contribution in [0.4, 0.5) is 4.79 Å². The lowest BCUT2D eigenvalue weighted by Gasteiger charge is -2.03. The van der Waals surface area contributed by atoms with Gasteiger partial charge >= 0.3 is 18.1 Å². The molecule has 1 rings (SSSR count). The summed E-state index contributed by atoms with van der Waals surface area (Å²) in [6.07, 6.45) is -1.50. The first kappa shape index (κ1) is 15.4. The van der Waals surface area contributed by atoms with Gasteiger partial charge in [0.1, 0.15) is 0 Å². The molecule has 1 radical (unpaired) electrons. The summed E-state index contributed by atoms with van der Waals surface area (Å²) in [7, 11) is 1.04. The number of hydrogen-bond donors (Lipinski definition) is 2. The Bertz CT molecular complexity index is 432. The van der Waals surface area contributed by atoms with Gasteiger partial charge in [0, 0.05) is 0 Å². The molecule has 18 heavy (non-hydrogen) atoms. The molecule has 0 saturated heterocycles. The van der Waals surface area contributed by atoms with Gasteiger partial charge in [-0.25, -0.2) is 9.59 Å². The van der Waals surface area contributed by atoms with E-state index in [2.05, 4.69) is 4.74 Å². The van der Waals surface area contributed by atoms with Crippen LogP contribution >= 0.6 is 0 Å². The molecule has 1 aromatic rings. The first-order chi connectivity index (χ1) is 8.31. The maximum atomic E-state index is 10.6. The SMILES string of the molecule is COC([O])=O.Cc1c(C(=O)O)cccc1C(=O)O. The molecule has 7 heteroatoms. The highest BCUT2D eigenvalue weighted by molar-refractivity contribution is 5.96. The Morgan fingerprint density at radius 2 is 1.39 bits per heavy atom. The topological polar surface area (TPSA) is 121 Å². The number of carboxylic acids is 2. The standard InChI is InChI=1S/C9H8O4.C2H3O3/c1-5-6(8(10)11)3-2-4-7(5)9(12)13;1-5-2(3)4/h2-4H,1H3,(H,10,11)(H,12,13);1H3. The zero-order valence-electron chi connectivity index (χ0n) is 9.67. The summed E-state index contributed by atoms with van der Waals surface area (Å²) in [4.78, 5) is 30.2. The zero-order chi connectivity index (χ0) is 14.3. The van der Waals surface area contributed by atoms with Gasteiger partial charge in [0.05, 0.1) is 18.2 Å². The van der Waals surface area contributed by atoms with E-state index in [4.69, 9.17) is 20.1 Å². The van der Waals surface area contributed by atoms with Gasteiger partial charge in [-0.05, 0) is 24.6 Å². The maximum absolute atomic E-state index is 10.6. The van der Waals surface area contributed by atoms with E-state index >= 15 is 0 Å². The zero-order valence-corrected chi connectivity index (χ0v) is 9.67. The van der Waals surface area contributed by atoms with Crippen molar-refractivity contribution in [2.45, 2.75) is 6.92 Å². The minimum Gasteiger partial charge on any atom is -0.478 e. The van der Waals surface area contributed by atoms with Crippen molar-refractivity contribution >= 4 is 18.1 Å². The van der Waals surface area contributed by atoms with Crippen LogP contribution in [0.15, 0.2) is 18.2 Å². The van der Waals surface area contributed by atoms with Crippen LogP contribution in [0.1, 0.15) is 26.3 Å². The number of ether oxygens (including phenoxy) is 1. The molecule has 0 aliphatic rings. The van der Waals surface area contributed by atoms with Crippen molar-refractivity contribution in [2.75, 3.05) is 7.11 Å². The molecule has 0 aromatic heterocycles. The quantitative estimate of drug-likeness (QED) is 0.773. The molecular weight excluding hydrogens is 244 g/mol. The molecule has 0 aliphatic heterocycles. The van der Waals surface area contributed by atoms with Crippen LogP contribution in [0.2, 0.25) is 0 Å². The lowest BCUT2D eigenvalue weighted by molar-refractivity contribution is 0.0695. The predicted octanol–water partition coefficient (Wildman–Crippen LogP) is 1.57. The third kappa shape index (κ3) is 4.52. The van der Waals surface area contributed by atoms with Crippen LogP contribution in [0.3, 0.4) is 0 Å². The molecule has 0 heterocycles. The monoisotopic (exact) mass is 255 g/mol. The van der Waals surface area contributed by atoms with E-state index in [1.54, 1.807) is 0 Å². The van der Waals surface area contributed by atoms with Crippen LogP contribution in [0.5, 0.6) is 0 Å². The maximum Gasteiger partial charge on any atom is 0.549 e. The highest BCUT2D eigenvalue weighted by atomic mass is 16.6. The molecule has 0 saturated carbocycles. The second-order valence-corrected chi connectivity index (χ2v) is 3.04. The van der Waals surface area contributed by atoms with E-state index in [0.717, 1.165) is 7.11 Å². The minimum atomic E-state index is -1.50. The molecule has 1 aromatic carbocycles. The number of carbonyl (C=O) groups is 3. The molecule has 7 nitrogen and oxygen atoms in total. The van der Waals surface area contributed by atoms with E-state index in [-0.39, 0.29) is 16.7 Å². The lowest BCUT2D eigenvalue weighted by Crippen LogP contribution is -2.06. The minimum absolute atomic E-state index is 0.0277. The fourth-order valence-corrected chi connectivity index (χ4v) is 1.10. The molecule has 0 aliphatic carbocycles. The summed E-state index contributed by atoms with van der Waals surface area (Å²) in [6.45, 7) is 1.48. The van der Waals surface area contributed by atoms with Crippen LogP contribution in [0, 0.1) is 6.92 Å². The third-order valence-electron chi connectivity index (χ3n) is 1.96. The van der Waals surface area contributed by atoms with Crippen LogP contribution < -0.4 is 0 Å². The van der Waals surface area contributed by atoms with Gasteiger partial charge in [0.25, 0.3) is 0 Å². The van der Waals surface area contributed by atoms with Crippen LogP contribution in [-0.4, -0.2) is 35.4 Å². The van der Waals surface area contributed by atoms with Crippen LogP contribution in [-0.2, 0) is 9.84 Å². The van der Waals surface area contributed by atoms with Crippen molar-refractivity contribution in [3.63, 3.8) is 0 Å². The molecule has 2 N–H and O–H groups in total. The normalized spacial score (nSPS) is 8.78. The predicted molar refractivity (Wildman–Crippen MR) is 58.2 cm³/mol. The van der Waals surface area contributed by atoms with Crippen molar-refractivity contribution in [3.05, 3.63) is 34.9 Å². The number of hydrogen-bond acceptors (Lipinski definition) is 4. The summed E-state index contributed by atoms with van der Waals surface area (Å²) in [6, 6.07) is 4.17. The average molecular weight is 255 g/mol. The Kier molecular flexibility index (Phi) is 5.91. The first-order valence-electron chi connectivity index (χ1n) is 4.62. The lowest BCUT2D eigenvalue weighted by atomic mass is 10.0. The summed E-state index contributed by atoms with van der Waals surface area (Å²) >= 11 is 0. The summed E-state index contributed by atoms with van der Waals surface area (Å²) in [5.74, 6) is -2.22. The molecule has 0 unspecified atom stereocenters. The fraction of sp³-hybridized carbons (Fsp3) is 0.182. The average Bonchev–Trinajstić information content (AvgIpc) is 2.29. The number of carboxylic acid groups (broad SMARTS) is 2. The van der Waals surface area contributed by atoms with Crippen molar-refractivity contribution in [3.8, 4) is 0 Å². The Labute approximate surface area is 102 Å². The van der Waals surface area contributed by atoms with Gasteiger partial charge in [0.2, 0.25) is 0 Å². The second kappa shape index (κ2) is 6.89. The fourth-order valence-electron chi connectivity index (χ4n) is 1.10. The molecule has 0 bridgehead atoms. The molecule has 97 valence electrons. The number of aromatic carboxylic acids is 2. The number of carbonyl (C=O) groups excluding carboxylic acids is 1. The van der Waals surface area contributed by atoms with Gasteiger partial charge in [0.15, 0.2) is 0 Å². The smallest absolute Gasteiger partial charge is 0.478 e. The van der Waals surface area contributed by atoms with Crippen molar-refractivity contribution in [1.29, 1.82) is 0 Å². The Balaban J connectivity index is 0.000000494. The van der Waals surface area contributed by atoms with E-state index in [9.17, 15) is 9.59 Å². The van der Waals surface area contributed by atoms with Crippen molar-refractivity contribution in [1.82, 2.24) is 0 Å². The Hall–Kier alpha value is -2.57. The summed E-state index contributed by atoms with van der Waals surface area (Å²) < 4.78 is 3.56. The molecule has 0 fully saturated rings. The third-order valence-corrected chi connectivity index (χ3v) is 1.96. The highest BCUT2D eigenvalue weighted by Gasteiger charge is 2.13. The van der Waals surface area contributed by atoms with E-state index in [1.807, 2.05) is 0 Å². The van der Waals surface area contributed by atoms with Gasteiger partial charge in [-0.1, -0.05) is 6.07 Å². The van der Waals surface area contributed by atoms with Crippen molar-refractivity contribution in [2.24, 2.45) is 0 Å². The van der Waals surface area contributed by atoms with E-state index < -0.39 is 18.1 Å². The van der Waals surface area contributed by atoms with E-state index in [1.165, 1.54) is 25.1 Å². The summed E-state index contributed by atoms with van der Waals surface area (Å²) in [5, 5.41) is 26.4. The number of benzene rings is 1. The number of rotatable bonds is 2. The second-order valence-electron chi connectivity index (χ2n) is 3.04. The molecule has 0 atom stereocenters. The van der Waals surface area contributed by atoms with Gasteiger partial charge in [-0.3, -0.25) is 0 Å². The van der Waals surface area contributed by atoms with Gasteiger partial charge < -0.3 is 14.9 Å². The van der Waals surface area contributed by atoms with Crippen molar-refractivity contribution < 1.29 is 34.4 Å². The summed E-state index contributed by atoms with van der Waals surface area (Å²) in [5.41, 5.74) is 0.335. The van der Waals surface area contributed by atoms with Gasteiger partial charge in [-0.15, -0.1) is 0 Å². The van der Waals surface area contributed by atoms with Gasteiger partial charge in [-0.2, -0.15) is 9.90 Å². The highest BCUT2D eigenvalue weighted by Crippen LogP contribution is 2.13. The van der Waals surface area contributed by atoms with Crippen LogP contribution in [0.25, 0.3) is 0 Å². The number of methoxy groups -OCH3 is 1. The largest absolute Gasteiger partial charge is 0.549 e. The Morgan fingerprint density at radius 1 is 1.06 bits per heavy atom. The Morgan fingerprint density at radius 3 is 1.61 bits per heavy atom. The molecular formula is C11H11O7. The molecule has 0 spiro atoms. The first-order valence-corrected chi connectivity index (χ1v) is 4.62. The van der Waals surface area contributed by atoms with E-state index in [0.29, 0.717) is 0 Å².